The summed E-state index contributed by atoms with van der Waals surface area (Å²) in [6.45, 7) is 0.776. The first kappa shape index (κ1) is 17.0. The molecule has 1 aromatic heterocycles. The van der Waals surface area contributed by atoms with Crippen molar-refractivity contribution in [2.24, 2.45) is 0 Å². The number of aromatic nitrogens is 1. The van der Waals surface area contributed by atoms with E-state index in [2.05, 4.69) is 10.3 Å². The van der Waals surface area contributed by atoms with Crippen LogP contribution in [0.3, 0.4) is 0 Å². The minimum atomic E-state index is -0.160. The van der Waals surface area contributed by atoms with Crippen LogP contribution < -0.4 is 10.1 Å². The van der Waals surface area contributed by atoms with E-state index in [9.17, 15) is 4.79 Å². The number of benzene rings is 2. The molecule has 0 unspecified atom stereocenters. The van der Waals surface area contributed by atoms with Crippen molar-refractivity contribution in [3.8, 4) is 5.75 Å². The summed E-state index contributed by atoms with van der Waals surface area (Å²) in [7, 11) is 0. The van der Waals surface area contributed by atoms with Crippen molar-refractivity contribution in [3.63, 3.8) is 0 Å². The fourth-order valence-corrected chi connectivity index (χ4v) is 2.48. The molecule has 1 amide bonds. The van der Waals surface area contributed by atoms with E-state index in [0.717, 1.165) is 11.1 Å². The van der Waals surface area contributed by atoms with E-state index in [-0.39, 0.29) is 5.91 Å². The van der Waals surface area contributed by atoms with Crippen molar-refractivity contribution < 1.29 is 9.53 Å². The summed E-state index contributed by atoms with van der Waals surface area (Å²) in [4.78, 5) is 16.3. The summed E-state index contributed by atoms with van der Waals surface area (Å²) in [5.41, 5.74) is 2.39. The molecule has 2 aromatic carbocycles. The van der Waals surface area contributed by atoms with Gasteiger partial charge in [-0.1, -0.05) is 41.9 Å². The average molecular weight is 353 g/mol. The highest BCUT2D eigenvalue weighted by Gasteiger charge is 2.07. The fraction of sp³-hybridized carbons (Fsp3) is 0.100. The van der Waals surface area contributed by atoms with Gasteiger partial charge < -0.3 is 10.1 Å². The van der Waals surface area contributed by atoms with Crippen LogP contribution in [-0.4, -0.2) is 10.9 Å². The van der Waals surface area contributed by atoms with Crippen LogP contribution in [0.5, 0.6) is 5.75 Å². The maximum Gasteiger partial charge on any atom is 0.251 e. The first-order valence-electron chi connectivity index (χ1n) is 7.86. The Morgan fingerprint density at radius 2 is 1.96 bits per heavy atom. The molecule has 25 heavy (non-hydrogen) atoms. The van der Waals surface area contributed by atoms with Gasteiger partial charge in [0.25, 0.3) is 5.91 Å². The van der Waals surface area contributed by atoms with E-state index in [1.165, 1.54) is 0 Å². The van der Waals surface area contributed by atoms with E-state index < -0.39 is 0 Å². The van der Waals surface area contributed by atoms with Crippen molar-refractivity contribution in [2.45, 2.75) is 13.2 Å². The van der Waals surface area contributed by atoms with E-state index in [1.54, 1.807) is 30.6 Å². The molecule has 0 radical (unpaired) electrons. The van der Waals surface area contributed by atoms with Crippen molar-refractivity contribution in [1.82, 2.24) is 10.3 Å². The number of ether oxygens (including phenoxy) is 1. The number of carbonyl (C=O) groups is 1. The number of pyridine rings is 1. The third-order valence-corrected chi connectivity index (χ3v) is 3.99. The summed E-state index contributed by atoms with van der Waals surface area (Å²) in [6.07, 6.45) is 3.43. The number of nitrogens with zero attached hydrogens (tertiary/aromatic N) is 1. The molecule has 4 nitrogen and oxygen atoms in total. The Balaban J connectivity index is 1.61. The van der Waals surface area contributed by atoms with Gasteiger partial charge >= 0.3 is 0 Å². The average Bonchev–Trinajstić information content (AvgIpc) is 2.66. The van der Waals surface area contributed by atoms with E-state index >= 15 is 0 Å². The van der Waals surface area contributed by atoms with Crippen LogP contribution in [0.2, 0.25) is 5.02 Å². The molecule has 0 spiro atoms. The van der Waals surface area contributed by atoms with Crippen LogP contribution in [0.4, 0.5) is 0 Å². The lowest BCUT2D eigenvalue weighted by Gasteiger charge is -2.10. The van der Waals surface area contributed by atoms with Gasteiger partial charge in [-0.05, 0) is 35.9 Å². The van der Waals surface area contributed by atoms with E-state index in [0.29, 0.717) is 29.5 Å². The normalized spacial score (nSPS) is 10.3. The lowest BCUT2D eigenvalue weighted by atomic mass is 10.2. The van der Waals surface area contributed by atoms with Crippen molar-refractivity contribution in [1.29, 1.82) is 0 Å². The molecule has 126 valence electrons. The van der Waals surface area contributed by atoms with Gasteiger partial charge in [0.05, 0.1) is 0 Å². The highest BCUT2D eigenvalue weighted by Crippen LogP contribution is 2.19. The molecule has 0 saturated heterocycles. The van der Waals surface area contributed by atoms with Crippen molar-refractivity contribution in [3.05, 3.63) is 94.8 Å². The van der Waals surface area contributed by atoms with Crippen LogP contribution in [0.15, 0.2) is 73.1 Å². The van der Waals surface area contributed by atoms with Gasteiger partial charge in [0.1, 0.15) is 12.4 Å². The van der Waals surface area contributed by atoms with Crippen molar-refractivity contribution >= 4 is 17.5 Å². The molecular weight excluding hydrogens is 336 g/mol. The molecule has 0 saturated carbocycles. The second-order valence-corrected chi connectivity index (χ2v) is 5.86. The standard InChI is InChI=1S/C20H17ClN2O2/c21-19-9-2-1-6-17(19)14-25-18-8-3-7-16(11-18)20(24)23-13-15-5-4-10-22-12-15/h1-12H,13-14H2,(H,23,24). The molecule has 0 aliphatic carbocycles. The summed E-state index contributed by atoms with van der Waals surface area (Å²) in [6, 6.07) is 18.3. The maximum absolute atomic E-state index is 12.3. The molecule has 0 aliphatic heterocycles. The number of halogens is 1. The van der Waals surface area contributed by atoms with Crippen LogP contribution >= 0.6 is 11.6 Å². The lowest BCUT2D eigenvalue weighted by Crippen LogP contribution is -2.22. The SMILES string of the molecule is O=C(NCc1cccnc1)c1cccc(OCc2ccccc2Cl)c1. The Morgan fingerprint density at radius 3 is 2.76 bits per heavy atom. The second kappa shape index (κ2) is 8.31. The van der Waals surface area contributed by atoms with Crippen LogP contribution in [0, 0.1) is 0 Å². The van der Waals surface area contributed by atoms with Gasteiger partial charge in [-0.15, -0.1) is 0 Å². The molecule has 0 atom stereocenters. The Kier molecular flexibility index (Phi) is 5.65. The number of amides is 1. The maximum atomic E-state index is 12.3. The van der Waals surface area contributed by atoms with Gasteiger partial charge in [0.2, 0.25) is 0 Å². The quantitative estimate of drug-likeness (QED) is 0.721. The van der Waals surface area contributed by atoms with Crippen LogP contribution in [0.1, 0.15) is 21.5 Å². The predicted octanol–water partition coefficient (Wildman–Crippen LogP) is 4.24. The van der Waals surface area contributed by atoms with Crippen LogP contribution in [-0.2, 0) is 13.2 Å². The summed E-state index contributed by atoms with van der Waals surface area (Å²) in [5.74, 6) is 0.459. The highest BCUT2D eigenvalue weighted by atomic mass is 35.5. The zero-order valence-corrected chi connectivity index (χ0v) is 14.2. The lowest BCUT2D eigenvalue weighted by molar-refractivity contribution is 0.0950. The zero-order valence-electron chi connectivity index (χ0n) is 13.5. The minimum absolute atomic E-state index is 0.160. The zero-order chi connectivity index (χ0) is 17.5. The predicted molar refractivity (Wildman–Crippen MR) is 97.6 cm³/mol. The Bertz CT molecular complexity index is 853. The highest BCUT2D eigenvalue weighted by molar-refractivity contribution is 6.31. The second-order valence-electron chi connectivity index (χ2n) is 5.45. The molecule has 0 bridgehead atoms. The largest absolute Gasteiger partial charge is 0.489 e. The molecule has 0 aliphatic rings. The molecule has 1 N–H and O–H groups in total. The minimum Gasteiger partial charge on any atom is -0.489 e. The Morgan fingerprint density at radius 1 is 1.08 bits per heavy atom. The summed E-state index contributed by atoms with van der Waals surface area (Å²) < 4.78 is 5.75. The summed E-state index contributed by atoms with van der Waals surface area (Å²) >= 11 is 6.12. The molecule has 0 fully saturated rings. The van der Waals surface area contributed by atoms with E-state index in [1.807, 2.05) is 42.5 Å². The van der Waals surface area contributed by atoms with Gasteiger partial charge in [0.15, 0.2) is 0 Å². The Labute approximate surface area is 151 Å². The van der Waals surface area contributed by atoms with Gasteiger partial charge in [-0.2, -0.15) is 0 Å². The number of rotatable bonds is 6. The molecule has 3 rings (SSSR count). The van der Waals surface area contributed by atoms with Gasteiger partial charge in [0, 0.05) is 35.1 Å². The van der Waals surface area contributed by atoms with Gasteiger partial charge in [-0.25, -0.2) is 0 Å². The smallest absolute Gasteiger partial charge is 0.251 e. The monoisotopic (exact) mass is 352 g/mol. The van der Waals surface area contributed by atoms with Crippen molar-refractivity contribution in [2.75, 3.05) is 0 Å². The third-order valence-electron chi connectivity index (χ3n) is 3.62. The first-order chi connectivity index (χ1) is 12.2. The molecule has 1 heterocycles. The molecular formula is C20H17ClN2O2. The Hall–Kier alpha value is -2.85. The number of nitrogens with one attached hydrogen (secondary N) is 1. The van der Waals surface area contributed by atoms with Crippen LogP contribution in [0.25, 0.3) is 0 Å². The fourth-order valence-electron chi connectivity index (χ4n) is 2.29. The molecule has 3 aromatic rings. The van der Waals surface area contributed by atoms with E-state index in [4.69, 9.17) is 16.3 Å². The number of hydrogen-bond donors (Lipinski definition) is 1. The number of carbonyl (C=O) groups excluding carboxylic acids is 1. The first-order valence-corrected chi connectivity index (χ1v) is 8.23. The topological polar surface area (TPSA) is 51.2 Å². The summed E-state index contributed by atoms with van der Waals surface area (Å²) in [5, 5.41) is 3.53. The molecule has 5 heteroatoms. The third kappa shape index (κ3) is 4.81. The number of hydrogen-bond acceptors (Lipinski definition) is 3. The van der Waals surface area contributed by atoms with Gasteiger partial charge in [-0.3, -0.25) is 9.78 Å².